The largest absolute Gasteiger partial charge is 0.467 e. The Hall–Kier alpha value is -2.01. The maximum atomic E-state index is 13.8. The smallest absolute Gasteiger partial charge is 0.422 e. The molecule has 160 valence electrons. The lowest BCUT2D eigenvalue weighted by Gasteiger charge is -2.11. The van der Waals surface area contributed by atoms with Crippen LogP contribution in [-0.4, -0.2) is 65.0 Å². The molecule has 0 amide bonds. The van der Waals surface area contributed by atoms with Crippen LogP contribution in [0.4, 0.5) is 22.0 Å². The van der Waals surface area contributed by atoms with Gasteiger partial charge in [0.1, 0.15) is 11.7 Å². The Bertz CT molecular complexity index is 858. The highest BCUT2D eigenvalue weighted by Crippen LogP contribution is 2.30. The minimum atomic E-state index is -4.57. The fraction of sp³-hybridized carbons (Fsp3) is 0.588. The Morgan fingerprint density at radius 2 is 2.07 bits per heavy atom. The lowest BCUT2D eigenvalue weighted by molar-refractivity contribution is -0.153. The summed E-state index contributed by atoms with van der Waals surface area (Å²) in [4.78, 5) is 13.0. The van der Waals surface area contributed by atoms with Crippen molar-refractivity contribution >= 4 is 22.5 Å². The van der Waals surface area contributed by atoms with Crippen molar-refractivity contribution in [2.45, 2.75) is 37.7 Å². The zero-order chi connectivity index (χ0) is 21.2. The molecule has 0 aliphatic carbocycles. The van der Waals surface area contributed by atoms with Crippen molar-refractivity contribution in [3.8, 4) is 11.9 Å². The van der Waals surface area contributed by atoms with Crippen LogP contribution in [0.1, 0.15) is 19.3 Å². The second-order valence-corrected chi connectivity index (χ2v) is 7.03. The Kier molecular flexibility index (Phi) is 6.57. The monoisotopic (exact) mass is 440 g/mol. The molecule has 29 heavy (non-hydrogen) atoms. The molecule has 2 aromatic rings. The lowest BCUT2D eigenvalue weighted by Crippen LogP contribution is -2.22. The quantitative estimate of drug-likeness (QED) is 0.532. The van der Waals surface area contributed by atoms with Crippen LogP contribution in [0.5, 0.6) is 11.9 Å². The first-order valence-corrected chi connectivity index (χ1v) is 9.19. The molecule has 2 aromatic heterocycles. The second-order valence-electron chi connectivity index (χ2n) is 6.67. The molecule has 2 aliphatic heterocycles. The standard InChI is InChI=1S/C10H6ClF4N3O2.C7H12FN/c1-19-9-17-6-4(2-16-7(11)5(6)12)8(18-9)20-3-10(13,14)15;8-6-4-7-2-1-3-9(7)5-6/h2H,3H2,1H3;6-7H,1-5H2. The number of alkyl halides is 4. The summed E-state index contributed by atoms with van der Waals surface area (Å²) in [7, 11) is 1.18. The SMILES string of the molecule is COc1nc(OCC(F)(F)F)c2cnc(Cl)c(F)c2n1.FC1CC2CCCN2C1. The van der Waals surface area contributed by atoms with E-state index in [2.05, 4.69) is 29.3 Å². The Labute approximate surface area is 168 Å². The fourth-order valence-electron chi connectivity index (χ4n) is 3.37. The van der Waals surface area contributed by atoms with Crippen LogP contribution in [0.15, 0.2) is 6.20 Å². The highest BCUT2D eigenvalue weighted by Gasteiger charge is 2.34. The van der Waals surface area contributed by atoms with E-state index in [1.807, 2.05) is 0 Å². The third kappa shape index (κ3) is 5.33. The number of rotatable bonds is 3. The van der Waals surface area contributed by atoms with Crippen LogP contribution in [0.25, 0.3) is 10.9 Å². The summed E-state index contributed by atoms with van der Waals surface area (Å²) in [6.07, 6.45) is -0.734. The van der Waals surface area contributed by atoms with E-state index in [9.17, 15) is 22.0 Å². The molecule has 6 nitrogen and oxygen atoms in total. The summed E-state index contributed by atoms with van der Waals surface area (Å²) in [5, 5.41) is -0.614. The molecule has 12 heteroatoms. The number of halogens is 6. The molecular formula is C17H18ClF5N4O2. The number of nitrogens with zero attached hydrogens (tertiary/aromatic N) is 4. The Morgan fingerprint density at radius 3 is 2.72 bits per heavy atom. The van der Waals surface area contributed by atoms with E-state index in [0.29, 0.717) is 12.6 Å². The van der Waals surface area contributed by atoms with E-state index in [1.54, 1.807) is 0 Å². The first kappa shape index (κ1) is 21.7. The topological polar surface area (TPSA) is 60.4 Å². The molecule has 2 fully saturated rings. The van der Waals surface area contributed by atoms with Gasteiger partial charge in [0, 0.05) is 18.8 Å². The van der Waals surface area contributed by atoms with Crippen LogP contribution in [0.2, 0.25) is 5.15 Å². The highest BCUT2D eigenvalue weighted by atomic mass is 35.5. The van der Waals surface area contributed by atoms with Crippen molar-refractivity contribution in [3.05, 3.63) is 17.2 Å². The number of aromatic nitrogens is 3. The van der Waals surface area contributed by atoms with Gasteiger partial charge in [-0.1, -0.05) is 11.6 Å². The van der Waals surface area contributed by atoms with Crippen molar-refractivity contribution in [1.82, 2.24) is 19.9 Å². The molecule has 0 radical (unpaired) electrons. The van der Waals surface area contributed by atoms with Gasteiger partial charge < -0.3 is 9.47 Å². The van der Waals surface area contributed by atoms with Crippen LogP contribution in [0.3, 0.4) is 0 Å². The molecule has 4 heterocycles. The number of hydrogen-bond acceptors (Lipinski definition) is 6. The van der Waals surface area contributed by atoms with Gasteiger partial charge in [0.15, 0.2) is 17.6 Å². The summed E-state index contributed by atoms with van der Waals surface area (Å²) >= 11 is 5.48. The molecule has 0 aromatic carbocycles. The average molecular weight is 441 g/mol. The van der Waals surface area contributed by atoms with Gasteiger partial charge in [-0.25, -0.2) is 13.8 Å². The van der Waals surface area contributed by atoms with E-state index >= 15 is 0 Å². The van der Waals surface area contributed by atoms with Gasteiger partial charge in [0.2, 0.25) is 5.88 Å². The summed E-state index contributed by atoms with van der Waals surface area (Å²) in [6.45, 7) is 0.266. The molecule has 2 atom stereocenters. The normalized spacial score (nSPS) is 21.6. The fourth-order valence-corrected chi connectivity index (χ4v) is 3.50. The number of methoxy groups -OCH3 is 1. The van der Waals surface area contributed by atoms with Crippen molar-refractivity contribution in [3.63, 3.8) is 0 Å². The van der Waals surface area contributed by atoms with Crippen LogP contribution in [0, 0.1) is 5.82 Å². The van der Waals surface area contributed by atoms with Crippen LogP contribution in [-0.2, 0) is 0 Å². The minimum Gasteiger partial charge on any atom is -0.467 e. The minimum absolute atomic E-state index is 0.142. The Balaban J connectivity index is 0.000000220. The second kappa shape index (κ2) is 8.78. The number of hydrogen-bond donors (Lipinski definition) is 0. The summed E-state index contributed by atoms with van der Waals surface area (Å²) in [5.74, 6) is -1.49. The van der Waals surface area contributed by atoms with E-state index in [0.717, 1.165) is 19.2 Å². The third-order valence-electron chi connectivity index (χ3n) is 4.60. The molecule has 0 N–H and O–H groups in total. The molecule has 0 bridgehead atoms. The zero-order valence-electron chi connectivity index (χ0n) is 15.3. The maximum Gasteiger partial charge on any atom is 0.422 e. The Morgan fingerprint density at radius 1 is 1.31 bits per heavy atom. The predicted molar refractivity (Wildman–Crippen MR) is 94.5 cm³/mol. The molecule has 4 rings (SSSR count). The van der Waals surface area contributed by atoms with Gasteiger partial charge in [-0.2, -0.15) is 23.1 Å². The predicted octanol–water partition coefficient (Wildman–Crippen LogP) is 3.96. The van der Waals surface area contributed by atoms with E-state index in [-0.39, 0.29) is 16.9 Å². The molecule has 2 unspecified atom stereocenters. The van der Waals surface area contributed by atoms with Crippen molar-refractivity contribution in [2.75, 3.05) is 26.8 Å². The molecule has 0 spiro atoms. The summed E-state index contributed by atoms with van der Waals surface area (Å²) < 4.78 is 72.0. The van der Waals surface area contributed by atoms with Crippen molar-refractivity contribution in [2.24, 2.45) is 0 Å². The zero-order valence-corrected chi connectivity index (χ0v) is 16.1. The van der Waals surface area contributed by atoms with Crippen molar-refractivity contribution in [1.29, 1.82) is 0 Å². The van der Waals surface area contributed by atoms with Gasteiger partial charge in [0.05, 0.1) is 12.5 Å². The number of fused-ring (bicyclic) bond motifs is 2. The van der Waals surface area contributed by atoms with Gasteiger partial charge >= 0.3 is 12.2 Å². The van der Waals surface area contributed by atoms with Crippen molar-refractivity contribution < 1.29 is 31.4 Å². The van der Waals surface area contributed by atoms with E-state index < -0.39 is 35.8 Å². The van der Waals surface area contributed by atoms with Gasteiger partial charge in [-0.05, 0) is 25.8 Å². The number of ether oxygens (including phenoxy) is 2. The molecular weight excluding hydrogens is 423 g/mol. The summed E-state index contributed by atoms with van der Waals surface area (Å²) in [6, 6.07) is 0.260. The van der Waals surface area contributed by atoms with Crippen LogP contribution < -0.4 is 9.47 Å². The van der Waals surface area contributed by atoms with Gasteiger partial charge in [-0.3, -0.25) is 4.90 Å². The van der Waals surface area contributed by atoms with Gasteiger partial charge in [-0.15, -0.1) is 0 Å². The maximum absolute atomic E-state index is 13.8. The lowest BCUT2D eigenvalue weighted by atomic mass is 10.1. The third-order valence-corrected chi connectivity index (χ3v) is 4.86. The average Bonchev–Trinajstić information content (AvgIpc) is 3.23. The van der Waals surface area contributed by atoms with E-state index in [4.69, 9.17) is 11.6 Å². The van der Waals surface area contributed by atoms with E-state index in [1.165, 1.54) is 20.0 Å². The summed E-state index contributed by atoms with van der Waals surface area (Å²) in [5.41, 5.74) is -0.339. The first-order valence-electron chi connectivity index (χ1n) is 8.81. The molecule has 2 saturated heterocycles. The van der Waals surface area contributed by atoms with Gasteiger partial charge in [0.25, 0.3) is 0 Å². The highest BCUT2D eigenvalue weighted by molar-refractivity contribution is 6.30. The first-order chi connectivity index (χ1) is 13.7. The number of pyridine rings is 1. The molecule has 2 aliphatic rings. The molecule has 0 saturated carbocycles. The van der Waals surface area contributed by atoms with Crippen LogP contribution >= 0.6 is 11.6 Å².